The highest BCUT2D eigenvalue weighted by atomic mass is 31.3. The van der Waals surface area contributed by atoms with Gasteiger partial charge in [0.15, 0.2) is 0 Å². The van der Waals surface area contributed by atoms with Gasteiger partial charge in [-0.05, 0) is 18.1 Å². The molecule has 0 fully saturated rings. The summed E-state index contributed by atoms with van der Waals surface area (Å²) in [6.07, 6.45) is 0. The van der Waals surface area contributed by atoms with E-state index < -0.39 is 37.9 Å². The van der Waals surface area contributed by atoms with E-state index in [1.54, 1.807) is 0 Å². The van der Waals surface area contributed by atoms with E-state index in [9.17, 15) is 0 Å². The first kappa shape index (κ1) is 69.9. The first-order valence-electron chi connectivity index (χ1n) is 28.6. The third-order valence-corrected chi connectivity index (χ3v) is 37.8. The minimum absolute atomic E-state index is 0.869. The molecule has 0 N–H and O–H groups in total. The topological polar surface area (TPSA) is 88.3 Å². The van der Waals surface area contributed by atoms with Gasteiger partial charge in [0.05, 0.1) is 0 Å². The van der Waals surface area contributed by atoms with Gasteiger partial charge in [0.2, 0.25) is 30.0 Å². The summed E-state index contributed by atoms with van der Waals surface area (Å²) in [4.78, 5) is 0. The second kappa shape index (κ2) is 35.2. The number of hydrogen-bond acceptors (Lipinski definition) is 4. The van der Waals surface area contributed by atoms with Gasteiger partial charge in [-0.15, -0.1) is 0 Å². The molecule has 0 aromatic carbocycles. The number of nitrogens with zero attached hydrogens (tertiary/aromatic N) is 16. The van der Waals surface area contributed by atoms with Crippen molar-refractivity contribution >= 4 is 37.9 Å². The van der Waals surface area contributed by atoms with E-state index in [1.165, 1.54) is 0 Å². The Morgan fingerprint density at radius 1 is 0.174 bits per heavy atom. The van der Waals surface area contributed by atoms with Crippen LogP contribution in [0.2, 0.25) is 0 Å². The Morgan fingerprint density at radius 2 is 0.246 bits per heavy atom. The lowest BCUT2D eigenvalue weighted by atomic mass is 10.7. The molecule has 0 radical (unpaired) electrons. The summed E-state index contributed by atoms with van der Waals surface area (Å²) in [6, 6.07) is 0. The standard InChI is InChI=1S/C48H120N16P5/c1-25-53(26-2)66(54(27-3)28-4,55(29-5)30-6)49-65(50-67(56(31-7)32-8,57(33-9)34-10)58(35-11)36-12,51-68(59(37-13)38-14,60(39-15)40-16)61(41-17)42-18)52-69(62(43-19)44-20,63(45-21)46-22)64(47-23)48-24/h25-48H2,1-24H3/q+1. The Balaban J connectivity index is 12.7. The second-order valence-electron chi connectivity index (χ2n) is 16.7. The molecule has 0 saturated carbocycles. The minimum Gasteiger partial charge on any atom is -0.243 e. The molecule has 0 rings (SSSR count). The van der Waals surface area contributed by atoms with E-state index in [1.807, 2.05) is 0 Å². The fourth-order valence-electron chi connectivity index (χ4n) is 10.8. The average Bonchev–Trinajstić information content (AvgIpc) is 3.35. The van der Waals surface area contributed by atoms with Crippen LogP contribution in [-0.4, -0.2) is 213 Å². The zero-order valence-electron chi connectivity index (χ0n) is 50.4. The van der Waals surface area contributed by atoms with Crippen molar-refractivity contribution in [1.29, 1.82) is 0 Å². The van der Waals surface area contributed by atoms with Gasteiger partial charge in [-0.25, -0.2) is 56.0 Å². The van der Waals surface area contributed by atoms with Crippen LogP contribution in [0.15, 0.2) is 18.1 Å². The number of rotatable bonds is 40. The third kappa shape index (κ3) is 14.7. The Morgan fingerprint density at radius 3 is 0.304 bits per heavy atom. The van der Waals surface area contributed by atoms with Crippen LogP contribution in [0.5, 0.6) is 0 Å². The summed E-state index contributed by atoms with van der Waals surface area (Å²) in [7, 11) is -15.2. The van der Waals surface area contributed by atoms with E-state index in [0.717, 1.165) is 157 Å². The van der Waals surface area contributed by atoms with Crippen LogP contribution in [0.25, 0.3) is 0 Å². The van der Waals surface area contributed by atoms with Crippen LogP contribution < -0.4 is 0 Å². The van der Waals surface area contributed by atoms with Gasteiger partial charge in [-0.3, -0.25) is 0 Å². The molecule has 0 aliphatic heterocycles. The van der Waals surface area contributed by atoms with Gasteiger partial charge < -0.3 is 0 Å². The van der Waals surface area contributed by atoms with Gasteiger partial charge in [-0.2, -0.15) is 0 Å². The van der Waals surface area contributed by atoms with Crippen molar-refractivity contribution < 1.29 is 0 Å². The molecule has 0 aliphatic rings. The Kier molecular flexibility index (Phi) is 35.7. The summed E-state index contributed by atoms with van der Waals surface area (Å²) in [5, 5.41) is 0. The molecule has 0 saturated heterocycles. The summed E-state index contributed by atoms with van der Waals surface area (Å²) in [5.41, 5.74) is 0. The summed E-state index contributed by atoms with van der Waals surface area (Å²) in [6.45, 7) is 77.6. The number of hydrogen-bond donors (Lipinski definition) is 0. The second-order valence-corrected chi connectivity index (χ2v) is 31.7. The lowest BCUT2D eigenvalue weighted by Crippen LogP contribution is -2.43. The van der Waals surface area contributed by atoms with E-state index >= 15 is 0 Å². The molecule has 0 amide bonds. The van der Waals surface area contributed by atoms with Crippen molar-refractivity contribution in [3.63, 3.8) is 0 Å². The minimum atomic E-state index is -3.75. The quantitative estimate of drug-likeness (QED) is 0.0548. The molecule has 0 aromatic heterocycles. The Hall–Kier alpha value is 0.870. The maximum Gasteiger partial charge on any atom is 0.502 e. The molecule has 0 aromatic rings. The lowest BCUT2D eigenvalue weighted by molar-refractivity contribution is 0.338. The largest absolute Gasteiger partial charge is 0.502 e. The zero-order chi connectivity index (χ0) is 53.2. The van der Waals surface area contributed by atoms with E-state index in [-0.39, 0.29) is 0 Å². The monoisotopic (exact) mass is 1080 g/mol. The predicted molar refractivity (Wildman–Crippen MR) is 319 cm³/mol. The summed E-state index contributed by atoms with van der Waals surface area (Å²) >= 11 is 0. The smallest absolute Gasteiger partial charge is 0.243 e. The molecule has 0 heterocycles. The van der Waals surface area contributed by atoms with Crippen molar-refractivity contribution in [3.05, 3.63) is 0 Å². The molecular weight excluding hydrogens is 956 g/mol. The first-order chi connectivity index (χ1) is 33.1. The Bertz CT molecular complexity index is 1170. The van der Waals surface area contributed by atoms with Crippen LogP contribution >= 0.6 is 37.9 Å². The summed E-state index contributed by atoms with van der Waals surface area (Å²) < 4.78 is 61.6. The molecule has 0 unspecified atom stereocenters. The predicted octanol–water partition coefficient (Wildman–Crippen LogP) is 14.6. The fraction of sp³-hybridized carbons (Fsp3) is 1.00. The third-order valence-electron chi connectivity index (χ3n) is 14.3. The van der Waals surface area contributed by atoms with Crippen LogP contribution in [-0.2, 0) is 0 Å². The SMILES string of the molecule is CCN(CC)P(=N[P+](N=P(N(CC)CC)(N(CC)CC)N(CC)CC)(N=P(N(CC)CC)(N(CC)CC)N(CC)CC)N=P(N(CC)CC)(N(CC)CC)N(CC)CC)(N(CC)CC)N(CC)CC. The van der Waals surface area contributed by atoms with Gasteiger partial charge in [0.1, 0.15) is 0 Å². The normalized spacial score (nSPS) is 13.9. The first-order valence-corrected chi connectivity index (χ1v) is 36.6. The highest BCUT2D eigenvalue weighted by molar-refractivity contribution is 7.88. The van der Waals surface area contributed by atoms with Gasteiger partial charge in [0.25, 0.3) is 0 Å². The molecule has 0 atom stereocenters. The molecular formula is C48H120N16P5+. The maximum atomic E-state index is 7.12. The van der Waals surface area contributed by atoms with E-state index in [4.69, 9.17) is 18.1 Å². The van der Waals surface area contributed by atoms with E-state index in [0.29, 0.717) is 0 Å². The van der Waals surface area contributed by atoms with Crippen LogP contribution in [0.3, 0.4) is 0 Å². The van der Waals surface area contributed by atoms with Crippen molar-refractivity contribution in [2.75, 3.05) is 157 Å². The molecule has 16 nitrogen and oxygen atoms in total. The van der Waals surface area contributed by atoms with Gasteiger partial charge in [-0.1, -0.05) is 166 Å². The van der Waals surface area contributed by atoms with Crippen molar-refractivity contribution in [2.45, 2.75) is 166 Å². The highest BCUT2D eigenvalue weighted by Crippen LogP contribution is 2.88. The summed E-state index contributed by atoms with van der Waals surface area (Å²) in [5.74, 6) is 0. The molecule has 0 aliphatic carbocycles. The van der Waals surface area contributed by atoms with Crippen LogP contribution in [0.4, 0.5) is 0 Å². The molecule has 21 heteroatoms. The van der Waals surface area contributed by atoms with Crippen molar-refractivity contribution in [1.82, 2.24) is 56.0 Å². The lowest BCUT2D eigenvalue weighted by Gasteiger charge is -2.50. The Labute approximate surface area is 433 Å². The fourth-order valence-corrected chi connectivity index (χ4v) is 37.6. The molecule has 416 valence electrons. The van der Waals surface area contributed by atoms with Crippen molar-refractivity contribution in [2.24, 2.45) is 18.1 Å². The van der Waals surface area contributed by atoms with Crippen molar-refractivity contribution in [3.8, 4) is 0 Å². The molecule has 0 spiro atoms. The maximum absolute atomic E-state index is 7.12. The van der Waals surface area contributed by atoms with E-state index in [2.05, 4.69) is 222 Å². The van der Waals surface area contributed by atoms with Crippen LogP contribution in [0.1, 0.15) is 166 Å². The molecule has 0 bridgehead atoms. The zero-order valence-corrected chi connectivity index (χ0v) is 54.8. The highest BCUT2D eigenvalue weighted by Gasteiger charge is 2.60. The molecule has 69 heavy (non-hydrogen) atoms. The van der Waals surface area contributed by atoms with Crippen LogP contribution in [0, 0.1) is 0 Å². The van der Waals surface area contributed by atoms with Gasteiger partial charge >= 0.3 is 7.87 Å². The average molecular weight is 1080 g/mol. The van der Waals surface area contributed by atoms with Gasteiger partial charge in [0, 0.05) is 157 Å².